The van der Waals surface area contributed by atoms with Gasteiger partial charge in [0.2, 0.25) is 11.7 Å². The molecular weight excluding hydrogens is 746 g/mol. The molecule has 1 heterocycles. The van der Waals surface area contributed by atoms with Crippen LogP contribution < -0.4 is 11.1 Å². The fraction of sp³-hybridized carbons (Fsp3) is 0.467. The molecule has 1 amide bonds. The number of nitrogens with zero attached hydrogens (tertiary/aromatic N) is 1. The van der Waals surface area contributed by atoms with Crippen LogP contribution >= 0.6 is 0 Å². The number of nitrogens with two attached hydrogens (primary N) is 1. The summed E-state index contributed by atoms with van der Waals surface area (Å²) in [6.45, 7) is 4.37. The third kappa shape index (κ3) is 6.86. The lowest BCUT2D eigenvalue weighted by molar-refractivity contribution is -0.220. The number of amides is 1. The van der Waals surface area contributed by atoms with E-state index in [9.17, 15) is 34.2 Å². The van der Waals surface area contributed by atoms with Gasteiger partial charge >= 0.3 is 11.9 Å². The predicted molar refractivity (Wildman–Crippen MR) is 211 cm³/mol. The van der Waals surface area contributed by atoms with E-state index >= 15 is 4.39 Å². The molecule has 12 nitrogen and oxygen atoms in total. The maximum atomic E-state index is 17.4. The van der Waals surface area contributed by atoms with Crippen molar-refractivity contribution in [3.8, 4) is 0 Å². The molecule has 0 spiro atoms. The lowest BCUT2D eigenvalue weighted by Crippen LogP contribution is -2.69. The maximum absolute atomic E-state index is 17.4. The molecular formula is C45H50FN3O9. The van der Waals surface area contributed by atoms with Crippen LogP contribution in [0.1, 0.15) is 76.3 Å². The molecule has 0 radical (unpaired) electrons. The molecule has 7 rings (SSSR count). The number of rotatable bonds is 12. The van der Waals surface area contributed by atoms with Gasteiger partial charge in [-0.15, -0.1) is 0 Å². The summed E-state index contributed by atoms with van der Waals surface area (Å²) in [6, 6.07) is 14.3. The third-order valence-corrected chi connectivity index (χ3v) is 13.8. The molecule has 4 aliphatic carbocycles. The molecule has 0 aliphatic heterocycles. The van der Waals surface area contributed by atoms with Gasteiger partial charge in [0, 0.05) is 46.8 Å². The smallest absolute Gasteiger partial charge is 0.306 e. The Morgan fingerprint density at radius 2 is 1.74 bits per heavy atom. The van der Waals surface area contributed by atoms with Crippen LogP contribution in [0.4, 0.5) is 10.1 Å². The van der Waals surface area contributed by atoms with Crippen LogP contribution in [-0.2, 0) is 40.1 Å². The highest BCUT2D eigenvalue weighted by Gasteiger charge is 2.75. The van der Waals surface area contributed by atoms with Crippen molar-refractivity contribution in [2.24, 2.45) is 34.3 Å². The maximum Gasteiger partial charge on any atom is 0.306 e. The van der Waals surface area contributed by atoms with Crippen LogP contribution in [0.25, 0.3) is 10.8 Å². The van der Waals surface area contributed by atoms with E-state index in [1.165, 1.54) is 12.2 Å². The van der Waals surface area contributed by atoms with Gasteiger partial charge in [-0.3, -0.25) is 29.0 Å². The topological polar surface area (TPSA) is 195 Å². The second-order valence-electron chi connectivity index (χ2n) is 16.9. The van der Waals surface area contributed by atoms with Crippen molar-refractivity contribution in [3.05, 3.63) is 95.9 Å². The zero-order chi connectivity index (χ0) is 41.6. The Hall–Kier alpha value is -5.11. The summed E-state index contributed by atoms with van der Waals surface area (Å²) >= 11 is 0. The first-order chi connectivity index (χ1) is 27.5. The van der Waals surface area contributed by atoms with E-state index < -0.39 is 76.2 Å². The molecule has 3 fully saturated rings. The number of allylic oxidation sites excluding steroid dienone is 4. The van der Waals surface area contributed by atoms with E-state index in [1.807, 2.05) is 18.2 Å². The van der Waals surface area contributed by atoms with Gasteiger partial charge in [-0.2, -0.15) is 0 Å². The Morgan fingerprint density at radius 1 is 1.02 bits per heavy atom. The zero-order valence-electron chi connectivity index (χ0n) is 32.9. The first-order valence-corrected chi connectivity index (χ1v) is 19.9. The first kappa shape index (κ1) is 41.1. The lowest BCUT2D eigenvalue weighted by atomic mass is 9.44. The number of hydrogen-bond acceptors (Lipinski definition) is 11. The number of ether oxygens (including phenoxy) is 2. The average Bonchev–Trinajstić information content (AvgIpc) is 3.41. The van der Waals surface area contributed by atoms with Gasteiger partial charge in [0.05, 0.1) is 24.9 Å². The Morgan fingerprint density at radius 3 is 2.47 bits per heavy atom. The minimum absolute atomic E-state index is 0.0714. The lowest BCUT2D eigenvalue weighted by Gasteiger charge is -2.62. The number of aliphatic hydroxyl groups is 2. The molecule has 13 heteroatoms. The minimum Gasteiger partial charge on any atom is -0.461 e. The van der Waals surface area contributed by atoms with Crippen molar-refractivity contribution in [1.82, 2.24) is 4.98 Å². The summed E-state index contributed by atoms with van der Waals surface area (Å²) in [6.07, 6.45) is 6.51. The van der Waals surface area contributed by atoms with E-state index in [0.717, 1.165) is 10.8 Å². The number of anilines is 1. The van der Waals surface area contributed by atoms with Crippen LogP contribution in [0, 0.1) is 28.6 Å². The molecule has 58 heavy (non-hydrogen) atoms. The highest BCUT2D eigenvalue weighted by Crippen LogP contribution is 2.70. The number of benzene rings is 2. The summed E-state index contributed by atoms with van der Waals surface area (Å²) in [4.78, 5) is 68.3. The highest BCUT2D eigenvalue weighted by atomic mass is 19.1. The van der Waals surface area contributed by atoms with Gasteiger partial charge in [-0.05, 0) is 91.3 Å². The third-order valence-electron chi connectivity index (χ3n) is 13.8. The van der Waals surface area contributed by atoms with Crippen molar-refractivity contribution in [2.45, 2.75) is 89.2 Å². The van der Waals surface area contributed by atoms with Crippen LogP contribution in [0.3, 0.4) is 0 Å². The van der Waals surface area contributed by atoms with Crippen LogP contribution in [-0.4, -0.2) is 75.1 Å². The number of alkyl halides is 1. The number of carbonyl (C=O) groups excluding carboxylic acids is 5. The Bertz CT molecular complexity index is 2210. The van der Waals surface area contributed by atoms with Gasteiger partial charge in [0.15, 0.2) is 18.1 Å². The number of esters is 2. The van der Waals surface area contributed by atoms with E-state index in [1.54, 1.807) is 69.6 Å². The number of carbonyl (C=O) groups is 5. The second-order valence-corrected chi connectivity index (χ2v) is 16.9. The number of nitrogens with one attached hydrogen (secondary N) is 1. The van der Waals surface area contributed by atoms with Gasteiger partial charge in [0.1, 0.15) is 12.2 Å². The van der Waals surface area contributed by atoms with Crippen LogP contribution in [0.2, 0.25) is 0 Å². The normalized spacial score (nSPS) is 31.6. The molecule has 0 bridgehead atoms. The average molecular weight is 796 g/mol. The van der Waals surface area contributed by atoms with E-state index in [-0.39, 0.29) is 44.1 Å². The highest BCUT2D eigenvalue weighted by molar-refractivity contribution is 6.01. The minimum atomic E-state index is -2.11. The number of fused-ring (bicyclic) bond motifs is 6. The molecule has 2 aromatic carbocycles. The van der Waals surface area contributed by atoms with Gasteiger partial charge in [-0.1, -0.05) is 55.8 Å². The number of aromatic nitrogens is 1. The van der Waals surface area contributed by atoms with Crippen molar-refractivity contribution in [2.75, 3.05) is 18.5 Å². The van der Waals surface area contributed by atoms with Crippen molar-refractivity contribution >= 4 is 45.9 Å². The summed E-state index contributed by atoms with van der Waals surface area (Å²) in [5.41, 5.74) is 2.05. The fourth-order valence-electron chi connectivity index (χ4n) is 10.5. The number of halogens is 1. The molecule has 306 valence electrons. The van der Waals surface area contributed by atoms with Gasteiger partial charge in [-0.25, -0.2) is 4.39 Å². The standard InChI is InChI=1S/C45H50FN3O9/c1-26-18-36-35-11-9-31-20-33(50)14-16-42(31,2)44(35,46)37(51)21-43(36,3)45(26,56)38(52)25-58-40(54)13-12-39(53)57-24-27-4-6-28(7-5-27)34(22-47)41(55)49-32-10-8-30-23-48-17-15-29(30)19-32/h4-8,10,14-17,19-20,23,26,34-37,51,56H,9,11-13,18,21-22,24-25,47H2,1-3H3,(H,49,55)/t26-,34?,35?,36+,37+,42+,43+,44+,45+/m1/s1. The van der Waals surface area contributed by atoms with Crippen molar-refractivity contribution in [3.63, 3.8) is 0 Å². The number of ketones is 2. The number of hydrogen-bond donors (Lipinski definition) is 4. The fourth-order valence-corrected chi connectivity index (χ4v) is 10.5. The van der Waals surface area contributed by atoms with Crippen molar-refractivity contribution in [1.29, 1.82) is 0 Å². The van der Waals surface area contributed by atoms with E-state index in [4.69, 9.17) is 15.2 Å². The molecule has 5 N–H and O–H groups in total. The predicted octanol–water partition coefficient (Wildman–Crippen LogP) is 5.20. The van der Waals surface area contributed by atoms with Crippen LogP contribution in [0.15, 0.2) is 84.7 Å². The van der Waals surface area contributed by atoms with E-state index in [2.05, 4.69) is 10.3 Å². The molecule has 3 aromatic rings. The monoisotopic (exact) mass is 795 g/mol. The summed E-state index contributed by atoms with van der Waals surface area (Å²) in [5.74, 6) is -5.11. The first-order valence-electron chi connectivity index (χ1n) is 19.9. The van der Waals surface area contributed by atoms with Crippen molar-refractivity contribution < 1.29 is 48.0 Å². The van der Waals surface area contributed by atoms with E-state index in [0.29, 0.717) is 41.6 Å². The molecule has 1 aromatic heterocycles. The second kappa shape index (κ2) is 15.6. The SMILES string of the molecule is C[C@@H]1C[C@H]2C3CCC4=CC(=O)C=C[C@]4(C)[C@@]3(F)[C@@H](O)C[C@]2(C)[C@@]1(O)C(=O)COC(=O)CCC(=O)OCc1ccc(C(CN)C(=O)Nc2ccc3cnccc3c2)cc1. The molecule has 0 saturated heterocycles. The largest absolute Gasteiger partial charge is 0.461 e. The molecule has 2 unspecified atom stereocenters. The Kier molecular flexibility index (Phi) is 11.0. The summed E-state index contributed by atoms with van der Waals surface area (Å²) in [5, 5.41) is 28.5. The Labute approximate surface area is 336 Å². The summed E-state index contributed by atoms with van der Waals surface area (Å²) < 4.78 is 28.0. The molecule has 3 saturated carbocycles. The number of aliphatic hydroxyl groups excluding tert-OH is 1. The summed E-state index contributed by atoms with van der Waals surface area (Å²) in [7, 11) is 0. The number of Topliss-reactive ketones (excluding diaryl/α,β-unsaturated/α-hetero) is 1. The Balaban J connectivity index is 0.890. The number of pyridine rings is 1. The molecule has 9 atom stereocenters. The van der Waals surface area contributed by atoms with Gasteiger partial charge < -0.3 is 30.7 Å². The zero-order valence-corrected chi connectivity index (χ0v) is 32.9. The van der Waals surface area contributed by atoms with Gasteiger partial charge in [0.25, 0.3) is 0 Å². The molecule has 4 aliphatic rings. The quantitative estimate of drug-likeness (QED) is 0.176. The van der Waals surface area contributed by atoms with Crippen LogP contribution in [0.5, 0.6) is 0 Å².